The molecule has 0 heterocycles. The molecule has 0 bridgehead atoms. The smallest absolute Gasteiger partial charge is 0.0757 e. The van der Waals surface area contributed by atoms with Crippen LogP contribution in [0.4, 0.5) is 0 Å². The molecule has 0 fully saturated rings. The first-order chi connectivity index (χ1) is 5.24. The van der Waals surface area contributed by atoms with Gasteiger partial charge in [0.05, 0.1) is 26.2 Å². The first-order valence-electron chi connectivity index (χ1n) is 4.35. The number of hydrogen-bond donors (Lipinski definition) is 2. The lowest BCUT2D eigenvalue weighted by molar-refractivity contribution is -0.921. The van der Waals surface area contributed by atoms with Crippen molar-refractivity contribution >= 4 is 0 Å². The number of hydrogen-bond acceptors (Lipinski definition) is 3. The molecule has 6 N–H and O–H groups in total. The van der Waals surface area contributed by atoms with Gasteiger partial charge in [-0.15, -0.1) is 0 Å². The van der Waals surface area contributed by atoms with Crippen LogP contribution in [-0.2, 0) is 0 Å². The Balaban J connectivity index is -0.0000000941. The van der Waals surface area contributed by atoms with E-state index in [-0.39, 0.29) is 11.0 Å². The van der Waals surface area contributed by atoms with Crippen molar-refractivity contribution in [3.8, 4) is 0 Å². The third-order valence-corrected chi connectivity index (χ3v) is 2.68. The summed E-state index contributed by atoms with van der Waals surface area (Å²) in [6.07, 6.45) is 0. The van der Waals surface area contributed by atoms with E-state index >= 15 is 0 Å². The van der Waals surface area contributed by atoms with Gasteiger partial charge in [0.1, 0.15) is 0 Å². The minimum atomic E-state index is 0. The van der Waals surface area contributed by atoms with E-state index in [4.69, 9.17) is 5.21 Å². The van der Waals surface area contributed by atoms with Gasteiger partial charge in [-0.05, 0) is 27.7 Å². The molecular formula is C8H26N2O3. The third kappa shape index (κ3) is 8.14. The van der Waals surface area contributed by atoms with E-state index in [0.717, 1.165) is 0 Å². The van der Waals surface area contributed by atoms with E-state index in [1.165, 1.54) is 30.7 Å². The van der Waals surface area contributed by atoms with Crippen LogP contribution in [0.3, 0.4) is 0 Å². The van der Waals surface area contributed by atoms with Crippen molar-refractivity contribution in [3.63, 3.8) is 0 Å². The van der Waals surface area contributed by atoms with Crippen LogP contribution in [0.2, 0.25) is 0 Å². The van der Waals surface area contributed by atoms with E-state index < -0.39 is 0 Å². The van der Waals surface area contributed by atoms with E-state index in [0.29, 0.717) is 0 Å². The summed E-state index contributed by atoms with van der Waals surface area (Å²) >= 11 is 0. The quantitative estimate of drug-likeness (QED) is 0.498. The SMILES string of the molecule is CC[N+](CC)(CC)CC.NO.O.[OH-]. The van der Waals surface area contributed by atoms with Crippen molar-refractivity contribution in [2.45, 2.75) is 27.7 Å². The van der Waals surface area contributed by atoms with Crippen LogP contribution in [0.5, 0.6) is 0 Å². The highest BCUT2D eigenvalue weighted by atomic mass is 16.4. The fourth-order valence-corrected chi connectivity index (χ4v) is 1.34. The van der Waals surface area contributed by atoms with Gasteiger partial charge in [0.15, 0.2) is 0 Å². The second-order valence-corrected chi connectivity index (χ2v) is 2.61. The fraction of sp³-hybridized carbons (Fsp3) is 1.00. The van der Waals surface area contributed by atoms with Crippen LogP contribution in [-0.4, -0.2) is 46.8 Å². The summed E-state index contributed by atoms with van der Waals surface area (Å²) in [4.78, 5) is 0. The van der Waals surface area contributed by atoms with Gasteiger partial charge in [-0.2, -0.15) is 0 Å². The molecule has 0 aromatic carbocycles. The molecule has 0 aliphatic heterocycles. The van der Waals surface area contributed by atoms with Crippen LogP contribution >= 0.6 is 0 Å². The molecule has 0 saturated carbocycles. The number of rotatable bonds is 4. The Morgan fingerprint density at radius 2 is 1.00 bits per heavy atom. The number of quaternary nitrogens is 1. The molecule has 13 heavy (non-hydrogen) atoms. The van der Waals surface area contributed by atoms with E-state index in [2.05, 4.69) is 33.6 Å². The summed E-state index contributed by atoms with van der Waals surface area (Å²) in [5.41, 5.74) is 0. The van der Waals surface area contributed by atoms with Gasteiger partial charge in [0.2, 0.25) is 0 Å². The third-order valence-electron chi connectivity index (χ3n) is 2.68. The Kier molecular flexibility index (Phi) is 25.4. The molecule has 0 unspecified atom stereocenters. The van der Waals surface area contributed by atoms with E-state index in [1.54, 1.807) is 0 Å². The molecule has 0 aromatic rings. The Labute approximate surface area is 81.3 Å². The minimum absolute atomic E-state index is 0. The summed E-state index contributed by atoms with van der Waals surface area (Å²) in [6.45, 7) is 14.2. The zero-order valence-corrected chi connectivity index (χ0v) is 9.25. The lowest BCUT2D eigenvalue weighted by Crippen LogP contribution is -2.47. The van der Waals surface area contributed by atoms with Crippen molar-refractivity contribution < 1.29 is 20.6 Å². The Morgan fingerprint density at radius 1 is 0.846 bits per heavy atom. The predicted octanol–water partition coefficient (Wildman–Crippen LogP) is 0.216. The number of nitrogens with two attached hydrogens (primary N) is 1. The van der Waals surface area contributed by atoms with Gasteiger partial charge in [0.25, 0.3) is 0 Å². The lowest BCUT2D eigenvalue weighted by Gasteiger charge is -2.34. The molecule has 0 radical (unpaired) electrons. The standard InChI is InChI=1S/C8H20N.H3NO.2H2O/c1-5-9(6-2,7-3)8-4;1-2;;/h5-8H2,1-4H3;2H,1H2;2*1H2/q+1;;;/p-1. The molecule has 0 amide bonds. The van der Waals surface area contributed by atoms with Gasteiger partial charge in [-0.25, -0.2) is 5.90 Å². The van der Waals surface area contributed by atoms with Gasteiger partial charge >= 0.3 is 0 Å². The zero-order chi connectivity index (χ0) is 9.33. The molecule has 86 valence electrons. The van der Waals surface area contributed by atoms with Crippen LogP contribution < -0.4 is 5.90 Å². The molecule has 0 aromatic heterocycles. The maximum atomic E-state index is 6.50. The van der Waals surface area contributed by atoms with Crippen molar-refractivity contribution in [1.82, 2.24) is 0 Å². The predicted molar refractivity (Wildman–Crippen MR) is 53.9 cm³/mol. The average molecular weight is 198 g/mol. The summed E-state index contributed by atoms with van der Waals surface area (Å²) < 4.78 is 1.28. The van der Waals surface area contributed by atoms with Crippen LogP contribution in [0, 0.1) is 0 Å². The van der Waals surface area contributed by atoms with Crippen molar-refractivity contribution in [2.75, 3.05) is 26.2 Å². The Hall–Kier alpha value is -0.200. The summed E-state index contributed by atoms with van der Waals surface area (Å²) in [6, 6.07) is 0. The molecule has 5 nitrogen and oxygen atoms in total. The molecule has 0 atom stereocenters. The van der Waals surface area contributed by atoms with Crippen LogP contribution in [0.25, 0.3) is 0 Å². The average Bonchev–Trinajstić information content (AvgIpc) is 2.13. The highest BCUT2D eigenvalue weighted by Crippen LogP contribution is 2.03. The van der Waals surface area contributed by atoms with E-state index in [1.807, 2.05) is 0 Å². The molecular weight excluding hydrogens is 172 g/mol. The van der Waals surface area contributed by atoms with Crippen molar-refractivity contribution in [3.05, 3.63) is 0 Å². The minimum Gasteiger partial charge on any atom is -0.870 e. The summed E-state index contributed by atoms with van der Waals surface area (Å²) in [7, 11) is 0. The van der Waals surface area contributed by atoms with Gasteiger partial charge in [0, 0.05) is 0 Å². The van der Waals surface area contributed by atoms with Crippen molar-refractivity contribution in [1.29, 1.82) is 0 Å². The second kappa shape index (κ2) is 14.3. The summed E-state index contributed by atoms with van der Waals surface area (Å²) in [5.74, 6) is 3.50. The largest absolute Gasteiger partial charge is 0.870 e. The van der Waals surface area contributed by atoms with Gasteiger partial charge in [-0.3, -0.25) is 0 Å². The molecule has 0 spiro atoms. The lowest BCUT2D eigenvalue weighted by atomic mass is 10.3. The number of nitrogens with zero attached hydrogens (tertiary/aromatic N) is 1. The Bertz CT molecular complexity index is 60.3. The maximum absolute atomic E-state index is 6.50. The van der Waals surface area contributed by atoms with Gasteiger partial charge < -0.3 is 20.6 Å². The highest BCUT2D eigenvalue weighted by molar-refractivity contribution is 4.31. The normalized spacial score (nSPS) is 8.77. The Morgan fingerprint density at radius 3 is 1.00 bits per heavy atom. The first-order valence-corrected chi connectivity index (χ1v) is 4.35. The second-order valence-electron chi connectivity index (χ2n) is 2.61. The van der Waals surface area contributed by atoms with Crippen LogP contribution in [0.1, 0.15) is 27.7 Å². The molecule has 5 heteroatoms. The molecule has 0 aliphatic rings. The zero-order valence-electron chi connectivity index (χ0n) is 9.25. The van der Waals surface area contributed by atoms with Crippen molar-refractivity contribution in [2.24, 2.45) is 5.90 Å². The first kappa shape index (κ1) is 23.0. The molecule has 0 rings (SSSR count). The molecule has 0 aliphatic carbocycles. The monoisotopic (exact) mass is 198 g/mol. The maximum Gasteiger partial charge on any atom is 0.0757 e. The van der Waals surface area contributed by atoms with Crippen LogP contribution in [0.15, 0.2) is 0 Å². The highest BCUT2D eigenvalue weighted by Gasteiger charge is 2.16. The topological polar surface area (TPSA) is 108 Å². The fourth-order valence-electron chi connectivity index (χ4n) is 1.34. The van der Waals surface area contributed by atoms with E-state index in [9.17, 15) is 0 Å². The summed E-state index contributed by atoms with van der Waals surface area (Å²) in [5, 5.41) is 6.50. The van der Waals surface area contributed by atoms with Gasteiger partial charge in [-0.1, -0.05) is 0 Å². The molecule has 0 saturated heterocycles.